The molecule has 5 rings (SSSR count). The van der Waals surface area contributed by atoms with E-state index < -0.39 is 12.4 Å². The number of ether oxygens (including phenoxy) is 2. The number of carbonyl (C=O) groups excluding carboxylic acids is 1. The van der Waals surface area contributed by atoms with Gasteiger partial charge in [-0.3, -0.25) is 0 Å². The van der Waals surface area contributed by atoms with Gasteiger partial charge in [0.2, 0.25) is 0 Å². The zero-order chi connectivity index (χ0) is 32.0. The van der Waals surface area contributed by atoms with Crippen molar-refractivity contribution < 1.29 is 27.4 Å². The van der Waals surface area contributed by atoms with E-state index in [1.807, 2.05) is 42.5 Å². The lowest BCUT2D eigenvalue weighted by atomic mass is 10.00. The van der Waals surface area contributed by atoms with Gasteiger partial charge >= 0.3 is 12.4 Å². The predicted molar refractivity (Wildman–Crippen MR) is 170 cm³/mol. The van der Waals surface area contributed by atoms with E-state index in [-0.39, 0.29) is 11.7 Å². The van der Waals surface area contributed by atoms with Crippen LogP contribution in [0.5, 0.6) is 11.5 Å². The van der Waals surface area contributed by atoms with Gasteiger partial charge in [-0.25, -0.2) is 14.5 Å². The van der Waals surface area contributed by atoms with Crippen LogP contribution in [0.4, 0.5) is 23.7 Å². The van der Waals surface area contributed by atoms with Crippen LogP contribution in [0.3, 0.4) is 0 Å². The minimum atomic E-state index is -4.75. The summed E-state index contributed by atoms with van der Waals surface area (Å²) in [7, 11) is 1.65. The smallest absolute Gasteiger partial charge is 0.497 e. The summed E-state index contributed by atoms with van der Waals surface area (Å²) in [6.07, 6.45) is 1.00. The molecule has 4 aromatic rings. The van der Waals surface area contributed by atoms with Crippen LogP contribution in [0.25, 0.3) is 23.2 Å². The number of amides is 2. The number of carbonyl (C=O) groups is 1. The van der Waals surface area contributed by atoms with Crippen LogP contribution in [0.2, 0.25) is 0 Å². The van der Waals surface area contributed by atoms with E-state index in [9.17, 15) is 18.0 Å². The highest BCUT2D eigenvalue weighted by molar-refractivity contribution is 8.14. The monoisotopic (exact) mass is 636 g/mol. The van der Waals surface area contributed by atoms with Crippen molar-refractivity contribution in [1.29, 1.82) is 0 Å². The molecule has 1 aliphatic heterocycles. The standard InChI is InChI=1S/C32H31F3N6O3S/c1-21(2)27-19-26(43-3)13-14-28(27)40-17-4-18-45-31(40)38-30(42)36-16-15-22-5-7-23(8-6-22)29-37-20-41(39-29)24-9-11-25(12-10-24)44-32(33,34)35/h5-16,19-21H,4,17-18H2,1-3H3,(H,36,42)/b16-15+,38-31?. The summed E-state index contributed by atoms with van der Waals surface area (Å²) >= 11 is 1.56. The van der Waals surface area contributed by atoms with Gasteiger partial charge in [0.25, 0.3) is 0 Å². The Bertz CT molecular complexity index is 1690. The van der Waals surface area contributed by atoms with E-state index in [1.165, 1.54) is 35.3 Å². The number of benzene rings is 3. The van der Waals surface area contributed by atoms with Crippen molar-refractivity contribution in [2.24, 2.45) is 4.99 Å². The van der Waals surface area contributed by atoms with E-state index >= 15 is 0 Å². The Morgan fingerprint density at radius 2 is 1.80 bits per heavy atom. The van der Waals surface area contributed by atoms with Crippen molar-refractivity contribution >= 4 is 34.7 Å². The topological polar surface area (TPSA) is 93.9 Å². The summed E-state index contributed by atoms with van der Waals surface area (Å²) in [5.74, 6) is 2.06. The van der Waals surface area contributed by atoms with Crippen molar-refractivity contribution in [1.82, 2.24) is 20.1 Å². The molecule has 45 heavy (non-hydrogen) atoms. The maximum Gasteiger partial charge on any atom is 0.573 e. The van der Waals surface area contributed by atoms with Crippen LogP contribution in [-0.2, 0) is 0 Å². The first-order valence-corrected chi connectivity index (χ1v) is 15.1. The summed E-state index contributed by atoms with van der Waals surface area (Å²) in [6, 6.07) is 18.2. The number of halogens is 3. The van der Waals surface area contributed by atoms with Gasteiger partial charge in [-0.2, -0.15) is 4.99 Å². The van der Waals surface area contributed by atoms with E-state index in [4.69, 9.17) is 4.74 Å². The largest absolute Gasteiger partial charge is 0.573 e. The second-order valence-electron chi connectivity index (χ2n) is 10.3. The lowest BCUT2D eigenvalue weighted by Gasteiger charge is -2.32. The second kappa shape index (κ2) is 13.9. The van der Waals surface area contributed by atoms with Gasteiger partial charge in [-0.05, 0) is 72.0 Å². The Balaban J connectivity index is 1.21. The van der Waals surface area contributed by atoms with E-state index in [2.05, 4.69) is 43.9 Å². The molecule has 1 saturated heterocycles. The first-order valence-electron chi connectivity index (χ1n) is 14.1. The number of amidine groups is 1. The molecule has 234 valence electrons. The molecule has 1 N–H and O–H groups in total. The highest BCUT2D eigenvalue weighted by atomic mass is 32.2. The highest BCUT2D eigenvalue weighted by Gasteiger charge is 2.31. The average molecular weight is 637 g/mol. The number of hydrogen-bond acceptors (Lipinski definition) is 6. The highest BCUT2D eigenvalue weighted by Crippen LogP contribution is 2.34. The van der Waals surface area contributed by atoms with Crippen molar-refractivity contribution in [2.75, 3.05) is 24.3 Å². The zero-order valence-corrected chi connectivity index (χ0v) is 25.6. The predicted octanol–water partition coefficient (Wildman–Crippen LogP) is 7.64. The van der Waals surface area contributed by atoms with Crippen molar-refractivity contribution in [2.45, 2.75) is 32.5 Å². The van der Waals surface area contributed by atoms with Crippen LogP contribution < -0.4 is 19.7 Å². The van der Waals surface area contributed by atoms with E-state index in [0.29, 0.717) is 16.7 Å². The summed E-state index contributed by atoms with van der Waals surface area (Å²) in [5, 5.41) is 7.80. The number of anilines is 1. The molecule has 0 bridgehead atoms. The number of nitrogens with one attached hydrogen (secondary N) is 1. The van der Waals surface area contributed by atoms with Gasteiger partial charge in [0.1, 0.15) is 17.8 Å². The fourth-order valence-corrected chi connectivity index (χ4v) is 5.58. The molecule has 0 atom stereocenters. The van der Waals surface area contributed by atoms with Gasteiger partial charge in [-0.1, -0.05) is 49.9 Å². The molecular weight excluding hydrogens is 605 g/mol. The van der Waals surface area contributed by atoms with Crippen LogP contribution in [0, 0.1) is 0 Å². The number of methoxy groups -OCH3 is 1. The fourth-order valence-electron chi connectivity index (χ4n) is 4.64. The molecule has 0 spiro atoms. The lowest BCUT2D eigenvalue weighted by Crippen LogP contribution is -2.36. The number of rotatable bonds is 8. The Kier molecular flexibility index (Phi) is 9.77. The third-order valence-corrected chi connectivity index (χ3v) is 7.87. The number of urea groups is 1. The maximum atomic E-state index is 12.8. The quantitative estimate of drug-likeness (QED) is 0.212. The number of thioether (sulfide) groups is 1. The number of alkyl halides is 3. The molecule has 0 radical (unpaired) electrons. The Morgan fingerprint density at radius 1 is 1.07 bits per heavy atom. The van der Waals surface area contributed by atoms with Crippen molar-refractivity contribution in [3.8, 4) is 28.6 Å². The van der Waals surface area contributed by atoms with Crippen LogP contribution in [-0.4, -0.2) is 51.7 Å². The van der Waals surface area contributed by atoms with Crippen molar-refractivity contribution in [3.05, 3.63) is 90.4 Å². The van der Waals surface area contributed by atoms with E-state index in [1.54, 1.807) is 31.1 Å². The van der Waals surface area contributed by atoms with Gasteiger partial charge in [0.05, 0.1) is 12.8 Å². The molecule has 1 aliphatic rings. The Morgan fingerprint density at radius 3 is 2.49 bits per heavy atom. The molecule has 0 unspecified atom stereocenters. The normalized spacial score (nSPS) is 14.7. The number of aromatic nitrogens is 3. The first-order chi connectivity index (χ1) is 21.6. The molecule has 9 nitrogen and oxygen atoms in total. The summed E-state index contributed by atoms with van der Waals surface area (Å²) in [6.45, 7) is 5.02. The van der Waals surface area contributed by atoms with Crippen LogP contribution >= 0.6 is 11.8 Å². The van der Waals surface area contributed by atoms with Gasteiger partial charge < -0.3 is 19.7 Å². The molecular formula is C32H31F3N6O3S. The van der Waals surface area contributed by atoms with Gasteiger partial charge in [-0.15, -0.1) is 18.3 Å². The summed E-state index contributed by atoms with van der Waals surface area (Å²) in [5.41, 5.74) is 4.25. The average Bonchev–Trinajstić information content (AvgIpc) is 3.51. The van der Waals surface area contributed by atoms with Crippen molar-refractivity contribution in [3.63, 3.8) is 0 Å². The molecule has 13 heteroatoms. The molecule has 2 amide bonds. The number of aliphatic imine (C=N–C) groups is 1. The molecule has 0 saturated carbocycles. The number of nitrogens with zero attached hydrogens (tertiary/aromatic N) is 5. The van der Waals surface area contributed by atoms with Gasteiger partial charge in [0.15, 0.2) is 11.0 Å². The molecule has 2 heterocycles. The SMILES string of the molecule is COc1ccc(N2CCCSC2=NC(=O)N/C=C/c2ccc(-c3ncn(-c4ccc(OC(F)(F)F)cc4)n3)cc2)c(C(C)C)c1. The van der Waals surface area contributed by atoms with Crippen LogP contribution in [0.15, 0.2) is 84.2 Å². The summed E-state index contributed by atoms with van der Waals surface area (Å²) in [4.78, 5) is 23.5. The molecule has 0 aliphatic carbocycles. The lowest BCUT2D eigenvalue weighted by molar-refractivity contribution is -0.274. The molecule has 1 fully saturated rings. The zero-order valence-electron chi connectivity index (χ0n) is 24.8. The Labute approximate surface area is 262 Å². The molecule has 3 aromatic carbocycles. The third-order valence-electron chi connectivity index (χ3n) is 6.81. The molecule has 1 aromatic heterocycles. The first kappa shape index (κ1) is 31.6. The van der Waals surface area contributed by atoms with Gasteiger partial charge in [0, 0.05) is 29.7 Å². The summed E-state index contributed by atoms with van der Waals surface area (Å²) < 4.78 is 48.0. The maximum absolute atomic E-state index is 12.8. The third kappa shape index (κ3) is 8.24. The Hall–Kier alpha value is -4.78. The minimum absolute atomic E-state index is 0.264. The number of hydrogen-bond donors (Lipinski definition) is 1. The second-order valence-corrected chi connectivity index (χ2v) is 11.3. The minimum Gasteiger partial charge on any atom is -0.497 e. The van der Waals surface area contributed by atoms with E-state index in [0.717, 1.165) is 46.8 Å². The van der Waals surface area contributed by atoms with Crippen LogP contribution in [0.1, 0.15) is 37.3 Å². The fraction of sp³-hybridized carbons (Fsp3) is 0.250.